The summed E-state index contributed by atoms with van der Waals surface area (Å²) in [6.07, 6.45) is -0.904. The highest BCUT2D eigenvalue weighted by Crippen LogP contribution is 2.40. The van der Waals surface area contributed by atoms with E-state index in [2.05, 4.69) is 10.2 Å². The number of alkyl halides is 3. The number of anilines is 1. The summed E-state index contributed by atoms with van der Waals surface area (Å²) >= 11 is 0. The SMILES string of the molecule is Cc1cc2ccc(N(C)C(=O)c3cccc(-n4nc(C(F)(F)F)c5c4C(C)CCC5)c3)cn2n1. The average Bonchev–Trinajstić information content (AvgIpc) is 3.38. The molecule has 3 aromatic heterocycles. The molecule has 0 fully saturated rings. The Balaban J connectivity index is 1.52. The van der Waals surface area contributed by atoms with Crippen molar-refractivity contribution in [3.8, 4) is 5.69 Å². The van der Waals surface area contributed by atoms with E-state index < -0.39 is 11.9 Å². The lowest BCUT2D eigenvalue weighted by Crippen LogP contribution is -2.26. The zero-order valence-corrected chi connectivity index (χ0v) is 19.1. The molecule has 3 heterocycles. The summed E-state index contributed by atoms with van der Waals surface area (Å²) in [7, 11) is 1.66. The van der Waals surface area contributed by atoms with Crippen LogP contribution in [0.1, 0.15) is 58.7 Å². The lowest BCUT2D eigenvalue weighted by Gasteiger charge is -2.22. The van der Waals surface area contributed by atoms with Crippen molar-refractivity contribution in [2.75, 3.05) is 11.9 Å². The van der Waals surface area contributed by atoms with Crippen molar-refractivity contribution in [2.24, 2.45) is 0 Å². The van der Waals surface area contributed by atoms with Crippen LogP contribution in [0, 0.1) is 6.92 Å². The van der Waals surface area contributed by atoms with E-state index in [0.717, 1.165) is 17.6 Å². The number of aromatic nitrogens is 4. The molecule has 0 aliphatic heterocycles. The normalized spacial score (nSPS) is 16.0. The maximum absolute atomic E-state index is 13.7. The fraction of sp³-hybridized carbons (Fsp3) is 0.320. The molecule has 5 rings (SSSR count). The van der Waals surface area contributed by atoms with Crippen LogP contribution in [0.5, 0.6) is 0 Å². The smallest absolute Gasteiger partial charge is 0.310 e. The van der Waals surface area contributed by atoms with Gasteiger partial charge in [-0.1, -0.05) is 13.0 Å². The van der Waals surface area contributed by atoms with Gasteiger partial charge in [-0.05, 0) is 68.5 Å². The van der Waals surface area contributed by atoms with Crippen LogP contribution >= 0.6 is 0 Å². The number of nitrogens with zero attached hydrogens (tertiary/aromatic N) is 5. The van der Waals surface area contributed by atoms with Gasteiger partial charge in [0, 0.05) is 18.2 Å². The first-order chi connectivity index (χ1) is 16.1. The number of pyridine rings is 1. The molecule has 1 aromatic carbocycles. The Kier molecular flexibility index (Phi) is 5.22. The van der Waals surface area contributed by atoms with Crippen molar-refractivity contribution in [1.82, 2.24) is 19.4 Å². The minimum atomic E-state index is -4.52. The van der Waals surface area contributed by atoms with Gasteiger partial charge in [-0.3, -0.25) is 4.79 Å². The Hall–Kier alpha value is -3.62. The number of benzene rings is 1. The predicted octanol–water partition coefficient (Wildman–Crippen LogP) is 5.56. The quantitative estimate of drug-likeness (QED) is 0.396. The first-order valence-corrected chi connectivity index (χ1v) is 11.2. The van der Waals surface area contributed by atoms with Crippen molar-refractivity contribution >= 4 is 17.1 Å². The van der Waals surface area contributed by atoms with Crippen molar-refractivity contribution in [2.45, 2.75) is 45.2 Å². The number of amides is 1. The van der Waals surface area contributed by atoms with Crippen LogP contribution in [0.25, 0.3) is 11.2 Å². The maximum atomic E-state index is 13.7. The van der Waals surface area contributed by atoms with Gasteiger partial charge >= 0.3 is 6.18 Å². The van der Waals surface area contributed by atoms with E-state index >= 15 is 0 Å². The lowest BCUT2D eigenvalue weighted by molar-refractivity contribution is -0.142. The van der Waals surface area contributed by atoms with Gasteiger partial charge in [0.15, 0.2) is 5.69 Å². The van der Waals surface area contributed by atoms with Crippen molar-refractivity contribution in [1.29, 1.82) is 0 Å². The standard InChI is InChI=1S/C25H24F3N5O/c1-15-6-4-9-21-22(15)33(30-23(21)25(26,27)28)19-8-5-7-17(13-19)24(34)31(3)20-11-10-18-12-16(2)29-32(18)14-20/h5,7-8,10-15H,4,6,9H2,1-3H3. The third kappa shape index (κ3) is 3.74. The number of halogens is 3. The summed E-state index contributed by atoms with van der Waals surface area (Å²) in [5.41, 5.74) is 3.26. The highest BCUT2D eigenvalue weighted by atomic mass is 19.4. The molecule has 0 saturated heterocycles. The summed E-state index contributed by atoms with van der Waals surface area (Å²) in [5.74, 6) is -0.339. The summed E-state index contributed by atoms with van der Waals surface area (Å²) in [6, 6.07) is 12.3. The largest absolute Gasteiger partial charge is 0.435 e. The zero-order chi connectivity index (χ0) is 24.2. The number of hydrogen-bond donors (Lipinski definition) is 0. The van der Waals surface area contributed by atoms with E-state index in [4.69, 9.17) is 0 Å². The molecule has 176 valence electrons. The molecule has 1 atom stereocenters. The molecule has 0 N–H and O–H groups in total. The molecule has 0 bridgehead atoms. The van der Waals surface area contributed by atoms with Gasteiger partial charge in [0.05, 0.1) is 34.5 Å². The molecule has 9 heteroatoms. The van der Waals surface area contributed by atoms with Crippen LogP contribution in [0.4, 0.5) is 18.9 Å². The topological polar surface area (TPSA) is 55.4 Å². The average molecular weight is 467 g/mol. The van der Waals surface area contributed by atoms with Crippen LogP contribution in [0.2, 0.25) is 0 Å². The van der Waals surface area contributed by atoms with Crippen molar-refractivity contribution in [3.05, 3.63) is 76.9 Å². The first kappa shape index (κ1) is 22.2. The van der Waals surface area contributed by atoms with Gasteiger partial charge in [-0.15, -0.1) is 0 Å². The predicted molar refractivity (Wildman–Crippen MR) is 123 cm³/mol. The van der Waals surface area contributed by atoms with Gasteiger partial charge in [0.1, 0.15) is 0 Å². The van der Waals surface area contributed by atoms with Crippen LogP contribution in [-0.2, 0) is 12.6 Å². The minimum absolute atomic E-state index is 0.0568. The Bertz CT molecular complexity index is 1400. The molecule has 34 heavy (non-hydrogen) atoms. The monoisotopic (exact) mass is 467 g/mol. The number of rotatable bonds is 3. The molecule has 0 spiro atoms. The van der Waals surface area contributed by atoms with E-state index in [1.807, 2.05) is 32.0 Å². The van der Waals surface area contributed by atoms with E-state index in [1.54, 1.807) is 42.0 Å². The number of carbonyl (C=O) groups excluding carboxylic acids is 1. The molecule has 1 amide bonds. The maximum Gasteiger partial charge on any atom is 0.435 e. The summed E-state index contributed by atoms with van der Waals surface area (Å²) in [6.45, 7) is 3.82. The number of aryl methyl sites for hydroxylation is 1. The third-order valence-electron chi connectivity index (χ3n) is 6.42. The Morgan fingerprint density at radius 1 is 1.15 bits per heavy atom. The number of hydrogen-bond acceptors (Lipinski definition) is 3. The fourth-order valence-electron chi connectivity index (χ4n) is 4.75. The Labute approximate surface area is 194 Å². The van der Waals surface area contributed by atoms with Crippen molar-refractivity contribution in [3.63, 3.8) is 0 Å². The van der Waals surface area contributed by atoms with Crippen LogP contribution in [0.3, 0.4) is 0 Å². The fourth-order valence-corrected chi connectivity index (χ4v) is 4.75. The van der Waals surface area contributed by atoms with Crippen LogP contribution in [0.15, 0.2) is 48.7 Å². The molecule has 4 aromatic rings. The van der Waals surface area contributed by atoms with E-state index in [1.165, 1.54) is 9.58 Å². The van der Waals surface area contributed by atoms with Gasteiger partial charge in [-0.2, -0.15) is 23.4 Å². The van der Waals surface area contributed by atoms with E-state index in [9.17, 15) is 18.0 Å². The van der Waals surface area contributed by atoms with Crippen LogP contribution < -0.4 is 4.90 Å². The summed E-state index contributed by atoms with van der Waals surface area (Å²) in [5, 5.41) is 8.37. The molecule has 1 aliphatic rings. The zero-order valence-electron chi connectivity index (χ0n) is 19.1. The molecule has 6 nitrogen and oxygen atoms in total. The van der Waals surface area contributed by atoms with E-state index in [0.29, 0.717) is 35.5 Å². The second-order valence-electron chi connectivity index (χ2n) is 8.87. The third-order valence-corrected chi connectivity index (χ3v) is 6.42. The van der Waals surface area contributed by atoms with Crippen molar-refractivity contribution < 1.29 is 18.0 Å². The van der Waals surface area contributed by atoms with Gasteiger partial charge < -0.3 is 4.90 Å². The minimum Gasteiger partial charge on any atom is -0.310 e. The van der Waals surface area contributed by atoms with Gasteiger partial charge in [0.2, 0.25) is 0 Å². The highest BCUT2D eigenvalue weighted by Gasteiger charge is 2.41. The van der Waals surface area contributed by atoms with Gasteiger partial charge in [0.25, 0.3) is 5.91 Å². The molecule has 0 radical (unpaired) electrons. The Morgan fingerprint density at radius 3 is 2.71 bits per heavy atom. The number of fused-ring (bicyclic) bond motifs is 2. The summed E-state index contributed by atoms with van der Waals surface area (Å²) < 4.78 is 44.2. The second-order valence-corrected chi connectivity index (χ2v) is 8.87. The van der Waals surface area contributed by atoms with E-state index in [-0.39, 0.29) is 17.4 Å². The molecule has 1 unspecified atom stereocenters. The second kappa shape index (κ2) is 8.00. The highest BCUT2D eigenvalue weighted by molar-refractivity contribution is 6.06. The van der Waals surface area contributed by atoms with Gasteiger partial charge in [-0.25, -0.2) is 9.20 Å². The molecule has 1 aliphatic carbocycles. The summed E-state index contributed by atoms with van der Waals surface area (Å²) in [4.78, 5) is 14.8. The van der Waals surface area contributed by atoms with Crippen LogP contribution in [-0.4, -0.2) is 32.3 Å². The first-order valence-electron chi connectivity index (χ1n) is 11.2. The molecular formula is C25H24F3N5O. The Morgan fingerprint density at radius 2 is 1.94 bits per heavy atom. The molecule has 0 saturated carbocycles. The molecular weight excluding hydrogens is 443 g/mol. The number of carbonyl (C=O) groups is 1. The lowest BCUT2D eigenvalue weighted by atomic mass is 9.87.